The minimum absolute atomic E-state index is 0.510. The van der Waals surface area contributed by atoms with Gasteiger partial charge in [0, 0.05) is 9.92 Å². The molecule has 0 saturated carbocycles. The highest BCUT2D eigenvalue weighted by atomic mass is 35.5. The van der Waals surface area contributed by atoms with Crippen LogP contribution in [0, 0.1) is 0 Å². The number of hydrogen-bond donors (Lipinski definition) is 0. The molecule has 0 N–H and O–H groups in total. The van der Waals surface area contributed by atoms with Gasteiger partial charge < -0.3 is 0 Å². The molecular weight excluding hydrogens is 263 g/mol. The van der Waals surface area contributed by atoms with Crippen LogP contribution in [0.4, 0.5) is 0 Å². The average molecular weight is 271 g/mol. The molecule has 0 aliphatic rings. The summed E-state index contributed by atoms with van der Waals surface area (Å²) in [7, 11) is -1.26. The Balaban J connectivity index is 2.40. The third-order valence-corrected chi connectivity index (χ3v) is 4.21. The zero-order chi connectivity index (χ0) is 11.5. The second kappa shape index (κ2) is 5.00. The predicted molar refractivity (Wildman–Crippen MR) is 67.6 cm³/mol. The van der Waals surface area contributed by atoms with E-state index in [0.29, 0.717) is 19.8 Å². The molecular formula is C12H8Cl2OS. The highest BCUT2D eigenvalue weighted by Crippen LogP contribution is 2.24. The smallest absolute Gasteiger partial charge is 0.0864 e. The molecule has 0 bridgehead atoms. The first-order chi connectivity index (χ1) is 7.68. The third kappa shape index (κ3) is 2.46. The van der Waals surface area contributed by atoms with E-state index in [-0.39, 0.29) is 0 Å². The van der Waals surface area contributed by atoms with Crippen LogP contribution in [0.25, 0.3) is 0 Å². The highest BCUT2D eigenvalue weighted by molar-refractivity contribution is 7.85. The first-order valence-electron chi connectivity index (χ1n) is 4.60. The predicted octanol–water partition coefficient (Wildman–Crippen LogP) is 4.16. The Morgan fingerprint density at radius 3 is 2.12 bits per heavy atom. The second-order valence-corrected chi connectivity index (χ2v) is 5.45. The molecule has 2 rings (SSSR count). The van der Waals surface area contributed by atoms with E-state index in [1.807, 2.05) is 12.1 Å². The first kappa shape index (κ1) is 11.6. The van der Waals surface area contributed by atoms with Crippen LogP contribution < -0.4 is 0 Å². The average Bonchev–Trinajstić information content (AvgIpc) is 2.30. The Kier molecular flexibility index (Phi) is 3.64. The van der Waals surface area contributed by atoms with E-state index < -0.39 is 10.8 Å². The number of rotatable bonds is 2. The van der Waals surface area contributed by atoms with Gasteiger partial charge >= 0.3 is 0 Å². The molecule has 2 aromatic carbocycles. The molecule has 0 aromatic heterocycles. The van der Waals surface area contributed by atoms with Gasteiger partial charge in [0.2, 0.25) is 0 Å². The summed E-state index contributed by atoms with van der Waals surface area (Å²) in [5, 5.41) is 1.13. The van der Waals surface area contributed by atoms with Gasteiger partial charge in [-0.05, 0) is 36.4 Å². The van der Waals surface area contributed by atoms with Crippen LogP contribution in [0.5, 0.6) is 0 Å². The Morgan fingerprint density at radius 1 is 0.875 bits per heavy atom. The molecule has 16 heavy (non-hydrogen) atoms. The monoisotopic (exact) mass is 270 g/mol. The van der Waals surface area contributed by atoms with Crippen molar-refractivity contribution in [2.24, 2.45) is 0 Å². The maximum Gasteiger partial charge on any atom is 0.0864 e. The molecule has 0 saturated heterocycles. The van der Waals surface area contributed by atoms with E-state index in [4.69, 9.17) is 23.2 Å². The van der Waals surface area contributed by atoms with Gasteiger partial charge in [-0.1, -0.05) is 35.3 Å². The summed E-state index contributed by atoms with van der Waals surface area (Å²) in [4.78, 5) is 1.31. The summed E-state index contributed by atoms with van der Waals surface area (Å²) in [6.45, 7) is 0. The van der Waals surface area contributed by atoms with Crippen molar-refractivity contribution in [3.8, 4) is 0 Å². The molecule has 0 heterocycles. The second-order valence-electron chi connectivity index (χ2n) is 3.15. The number of halogens is 2. The standard InChI is InChI=1S/C12H8Cl2OS/c13-9-5-7-10(8-6-9)16(15)12-4-2-1-3-11(12)14/h1-8H. The molecule has 0 aliphatic carbocycles. The fraction of sp³-hybridized carbons (Fsp3) is 0. The summed E-state index contributed by atoms with van der Waals surface area (Å²) in [5.74, 6) is 0. The molecule has 0 amide bonds. The summed E-state index contributed by atoms with van der Waals surface area (Å²) in [6, 6.07) is 14.0. The molecule has 82 valence electrons. The summed E-state index contributed by atoms with van der Waals surface area (Å²) >= 11 is 11.7. The van der Waals surface area contributed by atoms with Crippen molar-refractivity contribution in [2.45, 2.75) is 9.79 Å². The lowest BCUT2D eigenvalue weighted by atomic mass is 10.4. The molecule has 1 unspecified atom stereocenters. The SMILES string of the molecule is O=S(c1ccc(Cl)cc1)c1ccccc1Cl. The van der Waals surface area contributed by atoms with Crippen LogP contribution in [0.1, 0.15) is 0 Å². The Morgan fingerprint density at radius 2 is 1.50 bits per heavy atom. The minimum atomic E-state index is -1.26. The number of benzene rings is 2. The zero-order valence-electron chi connectivity index (χ0n) is 8.19. The van der Waals surface area contributed by atoms with Gasteiger partial charge in [-0.3, -0.25) is 0 Å². The van der Waals surface area contributed by atoms with E-state index in [1.165, 1.54) is 0 Å². The van der Waals surface area contributed by atoms with Gasteiger partial charge in [0.05, 0.1) is 20.7 Å². The van der Waals surface area contributed by atoms with Gasteiger partial charge in [-0.2, -0.15) is 0 Å². The van der Waals surface area contributed by atoms with Crippen LogP contribution >= 0.6 is 23.2 Å². The van der Waals surface area contributed by atoms with Crippen LogP contribution in [0.3, 0.4) is 0 Å². The lowest BCUT2D eigenvalue weighted by Crippen LogP contribution is -1.93. The summed E-state index contributed by atoms with van der Waals surface area (Å²) in [5.41, 5.74) is 0. The quantitative estimate of drug-likeness (QED) is 0.801. The first-order valence-corrected chi connectivity index (χ1v) is 6.51. The minimum Gasteiger partial charge on any atom is -0.249 e. The molecule has 4 heteroatoms. The van der Waals surface area contributed by atoms with Crippen molar-refractivity contribution in [1.82, 2.24) is 0 Å². The fourth-order valence-corrected chi connectivity index (χ4v) is 2.84. The Bertz CT molecular complexity index is 523. The largest absolute Gasteiger partial charge is 0.249 e. The van der Waals surface area contributed by atoms with E-state index in [0.717, 1.165) is 0 Å². The van der Waals surface area contributed by atoms with Crippen molar-refractivity contribution in [3.05, 3.63) is 58.6 Å². The van der Waals surface area contributed by atoms with Crippen LogP contribution in [-0.2, 0) is 10.8 Å². The maximum absolute atomic E-state index is 12.2. The lowest BCUT2D eigenvalue weighted by molar-refractivity contribution is 0.683. The van der Waals surface area contributed by atoms with Crippen molar-refractivity contribution < 1.29 is 4.21 Å². The molecule has 0 fully saturated rings. The van der Waals surface area contributed by atoms with Crippen molar-refractivity contribution in [3.63, 3.8) is 0 Å². The van der Waals surface area contributed by atoms with Gasteiger partial charge in [0.25, 0.3) is 0 Å². The molecule has 0 aliphatic heterocycles. The van der Waals surface area contributed by atoms with E-state index in [9.17, 15) is 4.21 Å². The molecule has 0 radical (unpaired) electrons. The van der Waals surface area contributed by atoms with Crippen LogP contribution in [-0.4, -0.2) is 4.21 Å². The summed E-state index contributed by atoms with van der Waals surface area (Å²) in [6.07, 6.45) is 0. The Labute approximate surface area is 106 Å². The third-order valence-electron chi connectivity index (χ3n) is 2.06. The van der Waals surface area contributed by atoms with E-state index in [2.05, 4.69) is 0 Å². The molecule has 2 aromatic rings. The van der Waals surface area contributed by atoms with E-state index in [1.54, 1.807) is 36.4 Å². The molecule has 1 atom stereocenters. The van der Waals surface area contributed by atoms with E-state index >= 15 is 0 Å². The zero-order valence-corrected chi connectivity index (χ0v) is 10.5. The van der Waals surface area contributed by atoms with Crippen molar-refractivity contribution in [2.75, 3.05) is 0 Å². The van der Waals surface area contributed by atoms with Crippen molar-refractivity contribution >= 4 is 34.0 Å². The van der Waals surface area contributed by atoms with Gasteiger partial charge in [0.1, 0.15) is 0 Å². The summed E-state index contributed by atoms with van der Waals surface area (Å²) < 4.78 is 12.2. The van der Waals surface area contributed by atoms with Gasteiger partial charge in [-0.15, -0.1) is 0 Å². The van der Waals surface area contributed by atoms with Gasteiger partial charge in [-0.25, -0.2) is 4.21 Å². The van der Waals surface area contributed by atoms with Crippen molar-refractivity contribution in [1.29, 1.82) is 0 Å². The molecule has 0 spiro atoms. The van der Waals surface area contributed by atoms with Crippen LogP contribution in [0.15, 0.2) is 58.3 Å². The topological polar surface area (TPSA) is 17.1 Å². The highest BCUT2D eigenvalue weighted by Gasteiger charge is 2.09. The fourth-order valence-electron chi connectivity index (χ4n) is 1.28. The Hall–Kier alpha value is -0.830. The maximum atomic E-state index is 12.2. The van der Waals surface area contributed by atoms with Crippen LogP contribution in [0.2, 0.25) is 10.0 Å². The van der Waals surface area contributed by atoms with Gasteiger partial charge in [0.15, 0.2) is 0 Å². The lowest BCUT2D eigenvalue weighted by Gasteiger charge is -2.04. The molecule has 1 nitrogen and oxygen atoms in total. The normalized spacial score (nSPS) is 12.4. The number of hydrogen-bond acceptors (Lipinski definition) is 1.